The molecule has 31 heavy (non-hydrogen) atoms. The third kappa shape index (κ3) is 5.04. The lowest BCUT2D eigenvalue weighted by Crippen LogP contribution is -2.14. The van der Waals surface area contributed by atoms with Crippen LogP contribution in [-0.2, 0) is 12.4 Å². The number of anilines is 3. The molecule has 0 radical (unpaired) electrons. The Kier molecular flexibility index (Phi) is 5.19. The number of nitrogens with one attached hydrogen (secondary N) is 2. The number of hydrogen-bond acceptors (Lipinski definition) is 5. The van der Waals surface area contributed by atoms with Gasteiger partial charge in [0.15, 0.2) is 0 Å². The van der Waals surface area contributed by atoms with Crippen LogP contribution in [0.3, 0.4) is 0 Å². The zero-order valence-corrected chi connectivity index (χ0v) is 15.7. The first kappa shape index (κ1) is 20.9. The third-order valence-electron chi connectivity index (χ3n) is 4.48. The molecule has 5 nitrogen and oxygen atoms in total. The normalized spacial score (nSPS) is 14.4. The van der Waals surface area contributed by atoms with Crippen LogP contribution in [0.15, 0.2) is 48.7 Å². The monoisotopic (exact) mass is 439 g/mol. The second-order valence-corrected chi connectivity index (χ2v) is 6.98. The zero-order chi connectivity index (χ0) is 22.2. The highest BCUT2D eigenvalue weighted by Gasteiger charge is 2.38. The lowest BCUT2D eigenvalue weighted by Gasteiger charge is -2.17. The van der Waals surface area contributed by atoms with Gasteiger partial charge in [-0.1, -0.05) is 6.07 Å². The molecule has 1 aliphatic carbocycles. The number of hydrogen-bond donors (Lipinski definition) is 2. The average Bonchev–Trinajstić information content (AvgIpc) is 3.51. The second kappa shape index (κ2) is 7.71. The van der Waals surface area contributed by atoms with Crippen molar-refractivity contribution >= 4 is 17.5 Å². The van der Waals surface area contributed by atoms with Crippen molar-refractivity contribution in [1.82, 2.24) is 15.0 Å². The van der Waals surface area contributed by atoms with E-state index < -0.39 is 29.2 Å². The van der Waals surface area contributed by atoms with Gasteiger partial charge >= 0.3 is 12.4 Å². The highest BCUT2D eigenvalue weighted by atomic mass is 19.4. The number of nitrogens with zero attached hydrogens (tertiary/aromatic N) is 3. The molecule has 0 saturated heterocycles. The Balaban J connectivity index is 1.74. The molecule has 0 amide bonds. The number of benzene rings is 1. The van der Waals surface area contributed by atoms with Gasteiger partial charge in [-0.2, -0.15) is 31.3 Å². The van der Waals surface area contributed by atoms with Crippen molar-refractivity contribution in [3.63, 3.8) is 0 Å². The first-order chi connectivity index (χ1) is 14.6. The molecular formula is C20H15F6N5. The lowest BCUT2D eigenvalue weighted by molar-refractivity contribution is -0.142. The number of pyridine rings is 1. The predicted molar refractivity (Wildman–Crippen MR) is 102 cm³/mol. The minimum Gasteiger partial charge on any atom is -0.351 e. The van der Waals surface area contributed by atoms with Crippen LogP contribution in [0.5, 0.6) is 0 Å². The van der Waals surface area contributed by atoms with Gasteiger partial charge in [-0.05, 0) is 43.2 Å². The maximum Gasteiger partial charge on any atom is 0.418 e. The standard InChI is InChI=1S/C20H15F6N5/c21-19(22,23)11-4-7-14(13(9-11)20(24,25)26)29-17-10-16(15-3-1-2-8-27-15)30-18(31-17)28-12-5-6-12/h1-4,7-10,12H,5-6H2,(H2,28,29,30,31). The van der Waals surface area contributed by atoms with Gasteiger partial charge in [0, 0.05) is 18.3 Å². The molecule has 162 valence electrons. The number of rotatable bonds is 5. The van der Waals surface area contributed by atoms with E-state index in [1.165, 1.54) is 12.3 Å². The Morgan fingerprint density at radius 3 is 2.23 bits per heavy atom. The van der Waals surface area contributed by atoms with Crippen molar-refractivity contribution in [3.05, 3.63) is 59.8 Å². The fourth-order valence-corrected chi connectivity index (χ4v) is 2.83. The molecule has 1 saturated carbocycles. The molecule has 0 spiro atoms. The van der Waals surface area contributed by atoms with Crippen LogP contribution >= 0.6 is 0 Å². The summed E-state index contributed by atoms with van der Waals surface area (Å²) in [5, 5.41) is 5.56. The fourth-order valence-electron chi connectivity index (χ4n) is 2.83. The van der Waals surface area contributed by atoms with Crippen molar-refractivity contribution in [2.24, 2.45) is 0 Å². The third-order valence-corrected chi connectivity index (χ3v) is 4.48. The summed E-state index contributed by atoms with van der Waals surface area (Å²) in [5.41, 5.74) is -2.57. The van der Waals surface area contributed by atoms with E-state index in [2.05, 4.69) is 25.6 Å². The van der Waals surface area contributed by atoms with Crippen LogP contribution < -0.4 is 10.6 Å². The minimum atomic E-state index is -5.00. The van der Waals surface area contributed by atoms with E-state index in [4.69, 9.17) is 0 Å². The van der Waals surface area contributed by atoms with E-state index in [1.807, 2.05) is 0 Å². The Hall–Kier alpha value is -3.37. The summed E-state index contributed by atoms with van der Waals surface area (Å²) in [4.78, 5) is 12.7. The van der Waals surface area contributed by atoms with Gasteiger partial charge < -0.3 is 10.6 Å². The van der Waals surface area contributed by atoms with E-state index in [9.17, 15) is 26.3 Å². The Bertz CT molecular complexity index is 1080. The van der Waals surface area contributed by atoms with Crippen LogP contribution in [0.4, 0.5) is 43.8 Å². The fraction of sp³-hybridized carbons (Fsp3) is 0.250. The van der Waals surface area contributed by atoms with Crippen molar-refractivity contribution in [2.75, 3.05) is 10.6 Å². The summed E-state index contributed by atoms with van der Waals surface area (Å²) in [6.07, 6.45) is -6.54. The Labute approximate surface area is 172 Å². The SMILES string of the molecule is FC(F)(F)c1ccc(Nc2cc(-c3ccccn3)nc(NC3CC3)n2)c(C(F)(F)F)c1. The molecule has 1 fully saturated rings. The van der Waals surface area contributed by atoms with E-state index in [1.54, 1.807) is 18.2 Å². The van der Waals surface area contributed by atoms with Gasteiger partial charge in [0.25, 0.3) is 0 Å². The second-order valence-electron chi connectivity index (χ2n) is 6.98. The molecule has 0 atom stereocenters. The molecule has 11 heteroatoms. The summed E-state index contributed by atoms with van der Waals surface area (Å²) >= 11 is 0. The topological polar surface area (TPSA) is 62.7 Å². The van der Waals surface area contributed by atoms with Gasteiger partial charge in [-0.3, -0.25) is 4.98 Å². The highest BCUT2D eigenvalue weighted by Crippen LogP contribution is 2.40. The molecule has 1 aliphatic rings. The first-order valence-corrected chi connectivity index (χ1v) is 9.22. The van der Waals surface area contributed by atoms with E-state index >= 15 is 0 Å². The molecule has 2 aromatic heterocycles. The molecule has 0 unspecified atom stereocenters. The van der Waals surface area contributed by atoms with Crippen LogP contribution in [0.2, 0.25) is 0 Å². The van der Waals surface area contributed by atoms with Crippen LogP contribution in [0.1, 0.15) is 24.0 Å². The number of alkyl halides is 6. The van der Waals surface area contributed by atoms with Crippen LogP contribution in [-0.4, -0.2) is 21.0 Å². The van der Waals surface area contributed by atoms with E-state index in [-0.39, 0.29) is 23.9 Å². The number of aromatic nitrogens is 3. The maximum absolute atomic E-state index is 13.5. The summed E-state index contributed by atoms with van der Waals surface area (Å²) < 4.78 is 79.1. The maximum atomic E-state index is 13.5. The van der Waals surface area contributed by atoms with Gasteiger partial charge in [0.2, 0.25) is 5.95 Å². The summed E-state index contributed by atoms with van der Waals surface area (Å²) in [7, 11) is 0. The van der Waals surface area contributed by atoms with Gasteiger partial charge in [0.1, 0.15) is 5.82 Å². The van der Waals surface area contributed by atoms with Gasteiger partial charge in [-0.15, -0.1) is 0 Å². The first-order valence-electron chi connectivity index (χ1n) is 9.22. The molecule has 2 N–H and O–H groups in total. The largest absolute Gasteiger partial charge is 0.418 e. The molecule has 1 aromatic carbocycles. The molecule has 4 rings (SSSR count). The van der Waals surface area contributed by atoms with Gasteiger partial charge in [-0.25, -0.2) is 4.98 Å². The smallest absolute Gasteiger partial charge is 0.351 e. The summed E-state index contributed by atoms with van der Waals surface area (Å²) in [5.74, 6) is 0.178. The zero-order valence-electron chi connectivity index (χ0n) is 15.7. The van der Waals surface area contributed by atoms with Crippen LogP contribution in [0.25, 0.3) is 11.4 Å². The van der Waals surface area contributed by atoms with Crippen molar-refractivity contribution < 1.29 is 26.3 Å². The quantitative estimate of drug-likeness (QED) is 0.485. The van der Waals surface area contributed by atoms with Crippen molar-refractivity contribution in [1.29, 1.82) is 0 Å². The molecule has 3 aromatic rings. The number of halogens is 6. The van der Waals surface area contributed by atoms with Crippen LogP contribution in [0, 0.1) is 0 Å². The average molecular weight is 439 g/mol. The summed E-state index contributed by atoms with van der Waals surface area (Å²) in [6.45, 7) is 0. The summed E-state index contributed by atoms with van der Waals surface area (Å²) in [6, 6.07) is 8.05. The van der Waals surface area contributed by atoms with Gasteiger partial charge in [0.05, 0.1) is 28.2 Å². The Morgan fingerprint density at radius 2 is 1.61 bits per heavy atom. The van der Waals surface area contributed by atoms with Crippen molar-refractivity contribution in [3.8, 4) is 11.4 Å². The molecular weight excluding hydrogens is 424 g/mol. The Morgan fingerprint density at radius 1 is 0.839 bits per heavy atom. The van der Waals surface area contributed by atoms with E-state index in [0.29, 0.717) is 17.5 Å². The lowest BCUT2D eigenvalue weighted by atomic mass is 10.1. The molecule has 2 heterocycles. The predicted octanol–water partition coefficient (Wildman–Crippen LogP) is 5.89. The van der Waals surface area contributed by atoms with Crippen molar-refractivity contribution in [2.45, 2.75) is 31.2 Å². The highest BCUT2D eigenvalue weighted by molar-refractivity contribution is 5.68. The van der Waals surface area contributed by atoms with E-state index in [0.717, 1.165) is 18.9 Å². The minimum absolute atomic E-state index is 0.0101. The molecule has 0 aliphatic heterocycles. The molecule has 0 bridgehead atoms.